The number of aromatic amines is 1. The van der Waals surface area contributed by atoms with Gasteiger partial charge in [-0.1, -0.05) is 0 Å². The van der Waals surface area contributed by atoms with E-state index in [1.165, 1.54) is 6.33 Å². The molecule has 0 spiro atoms. The van der Waals surface area contributed by atoms with Crippen molar-refractivity contribution in [2.45, 2.75) is 19.4 Å². The standard InChI is InChI=1S/C11H18N4O3/c1-7(4-5-15(2)3)14-10(16)8-9(11(17)18)13-6-12-8/h6-7H,4-5H2,1-3H3,(H,12,13)(H,14,16)(H,17,18). The number of nitrogens with zero attached hydrogens (tertiary/aromatic N) is 2. The van der Waals surface area contributed by atoms with Crippen LogP contribution < -0.4 is 5.32 Å². The van der Waals surface area contributed by atoms with Gasteiger partial charge in [-0.25, -0.2) is 9.78 Å². The van der Waals surface area contributed by atoms with Crippen LogP contribution in [0.15, 0.2) is 6.33 Å². The molecule has 0 aliphatic rings. The van der Waals surface area contributed by atoms with Crippen LogP contribution in [0.2, 0.25) is 0 Å². The normalized spacial score (nSPS) is 12.4. The molecule has 0 saturated carbocycles. The minimum Gasteiger partial charge on any atom is -0.477 e. The lowest BCUT2D eigenvalue weighted by molar-refractivity contribution is 0.0684. The summed E-state index contributed by atoms with van der Waals surface area (Å²) in [6.45, 7) is 2.71. The van der Waals surface area contributed by atoms with Crippen LogP contribution in [0.3, 0.4) is 0 Å². The number of carbonyl (C=O) groups is 2. The van der Waals surface area contributed by atoms with Crippen molar-refractivity contribution in [1.29, 1.82) is 0 Å². The molecule has 0 aliphatic heterocycles. The average molecular weight is 254 g/mol. The first-order valence-electron chi connectivity index (χ1n) is 5.64. The molecule has 0 radical (unpaired) electrons. The van der Waals surface area contributed by atoms with Gasteiger partial charge < -0.3 is 20.3 Å². The number of imidazole rings is 1. The summed E-state index contributed by atoms with van der Waals surface area (Å²) >= 11 is 0. The van der Waals surface area contributed by atoms with Crippen molar-refractivity contribution in [3.63, 3.8) is 0 Å². The molecule has 3 N–H and O–H groups in total. The summed E-state index contributed by atoms with van der Waals surface area (Å²) < 4.78 is 0. The van der Waals surface area contributed by atoms with Crippen LogP contribution in [0.5, 0.6) is 0 Å². The SMILES string of the molecule is CC(CCN(C)C)NC(=O)c1nc[nH]c1C(=O)O. The molecule has 0 bridgehead atoms. The topological polar surface area (TPSA) is 98.3 Å². The minimum absolute atomic E-state index is 0.0433. The van der Waals surface area contributed by atoms with Gasteiger partial charge in [-0.2, -0.15) is 0 Å². The average Bonchev–Trinajstić information content (AvgIpc) is 2.75. The van der Waals surface area contributed by atoms with Gasteiger partial charge in [0, 0.05) is 6.04 Å². The predicted molar refractivity (Wildman–Crippen MR) is 65.6 cm³/mol. The molecule has 100 valence electrons. The van der Waals surface area contributed by atoms with Gasteiger partial charge in [0.15, 0.2) is 11.4 Å². The third-order valence-corrected chi connectivity index (χ3v) is 2.46. The summed E-state index contributed by atoms with van der Waals surface area (Å²) in [6, 6.07) is -0.0433. The predicted octanol–water partition coefficient (Wildman–Crippen LogP) is 0.178. The summed E-state index contributed by atoms with van der Waals surface area (Å²) in [4.78, 5) is 30.8. The number of amides is 1. The number of carboxylic acids is 1. The van der Waals surface area contributed by atoms with Crippen LogP contribution in [0.25, 0.3) is 0 Å². The van der Waals surface area contributed by atoms with Gasteiger partial charge in [-0.15, -0.1) is 0 Å². The van der Waals surface area contributed by atoms with E-state index in [1.54, 1.807) is 0 Å². The van der Waals surface area contributed by atoms with Gasteiger partial charge in [-0.05, 0) is 34.0 Å². The number of hydrogen-bond acceptors (Lipinski definition) is 4. The van der Waals surface area contributed by atoms with Crippen molar-refractivity contribution < 1.29 is 14.7 Å². The Morgan fingerprint density at radius 3 is 2.78 bits per heavy atom. The maximum atomic E-state index is 11.8. The van der Waals surface area contributed by atoms with E-state index in [9.17, 15) is 9.59 Å². The Bertz CT molecular complexity index is 428. The van der Waals surface area contributed by atoms with E-state index < -0.39 is 11.9 Å². The highest BCUT2D eigenvalue weighted by atomic mass is 16.4. The molecule has 1 aromatic rings. The van der Waals surface area contributed by atoms with Crippen LogP contribution in [0, 0.1) is 0 Å². The molecule has 7 heteroatoms. The Labute approximate surface area is 105 Å². The summed E-state index contributed by atoms with van der Waals surface area (Å²) in [6.07, 6.45) is 1.98. The van der Waals surface area contributed by atoms with E-state index in [0.717, 1.165) is 13.0 Å². The Balaban J connectivity index is 2.59. The fraction of sp³-hybridized carbons (Fsp3) is 0.545. The molecule has 1 heterocycles. The van der Waals surface area contributed by atoms with Crippen molar-refractivity contribution >= 4 is 11.9 Å². The molecule has 0 aliphatic carbocycles. The second kappa shape index (κ2) is 6.15. The second-order valence-corrected chi connectivity index (χ2v) is 4.40. The highest BCUT2D eigenvalue weighted by Crippen LogP contribution is 2.03. The monoisotopic (exact) mass is 254 g/mol. The summed E-state index contributed by atoms with van der Waals surface area (Å²) in [7, 11) is 3.90. The lowest BCUT2D eigenvalue weighted by Crippen LogP contribution is -2.35. The molecule has 1 aromatic heterocycles. The van der Waals surface area contributed by atoms with Crippen LogP contribution in [-0.2, 0) is 0 Å². The second-order valence-electron chi connectivity index (χ2n) is 4.40. The molecule has 0 aromatic carbocycles. The third kappa shape index (κ3) is 3.85. The van der Waals surface area contributed by atoms with E-state index in [-0.39, 0.29) is 17.4 Å². The number of aromatic nitrogens is 2. The summed E-state index contributed by atoms with van der Waals surface area (Å²) in [5.74, 6) is -1.67. The zero-order valence-corrected chi connectivity index (χ0v) is 10.7. The Morgan fingerprint density at radius 2 is 2.22 bits per heavy atom. The number of aromatic carboxylic acids is 1. The smallest absolute Gasteiger partial charge is 0.354 e. The van der Waals surface area contributed by atoms with Crippen molar-refractivity contribution in [3.8, 4) is 0 Å². The van der Waals surface area contributed by atoms with Crippen molar-refractivity contribution in [3.05, 3.63) is 17.7 Å². The van der Waals surface area contributed by atoms with Gasteiger partial charge in [0.05, 0.1) is 6.33 Å². The van der Waals surface area contributed by atoms with Crippen LogP contribution in [-0.4, -0.2) is 58.5 Å². The maximum absolute atomic E-state index is 11.8. The molecular formula is C11H18N4O3. The number of carbonyl (C=O) groups excluding carboxylic acids is 1. The number of H-pyrrole nitrogens is 1. The molecule has 0 saturated heterocycles. The zero-order chi connectivity index (χ0) is 13.7. The molecule has 1 rings (SSSR count). The Kier molecular flexibility index (Phi) is 4.85. The lowest BCUT2D eigenvalue weighted by atomic mass is 10.2. The molecule has 7 nitrogen and oxygen atoms in total. The van der Waals surface area contributed by atoms with E-state index >= 15 is 0 Å². The third-order valence-electron chi connectivity index (χ3n) is 2.46. The summed E-state index contributed by atoms with van der Waals surface area (Å²) in [5.41, 5.74) is -0.272. The number of rotatable bonds is 6. The number of carboxylic acid groups (broad SMARTS) is 1. The first-order valence-corrected chi connectivity index (χ1v) is 5.64. The number of hydrogen-bond donors (Lipinski definition) is 3. The highest BCUT2D eigenvalue weighted by molar-refractivity contribution is 6.02. The van der Waals surface area contributed by atoms with Crippen molar-refractivity contribution in [2.24, 2.45) is 0 Å². The van der Waals surface area contributed by atoms with E-state index in [4.69, 9.17) is 5.11 Å². The van der Waals surface area contributed by atoms with Gasteiger partial charge in [0.2, 0.25) is 0 Å². The van der Waals surface area contributed by atoms with Gasteiger partial charge >= 0.3 is 5.97 Å². The number of nitrogens with one attached hydrogen (secondary N) is 2. The van der Waals surface area contributed by atoms with Crippen LogP contribution >= 0.6 is 0 Å². The molecule has 1 atom stereocenters. The zero-order valence-electron chi connectivity index (χ0n) is 10.7. The lowest BCUT2D eigenvalue weighted by Gasteiger charge is -2.16. The first-order chi connectivity index (χ1) is 8.41. The molecule has 18 heavy (non-hydrogen) atoms. The van der Waals surface area contributed by atoms with E-state index in [1.807, 2.05) is 25.9 Å². The van der Waals surface area contributed by atoms with Crippen molar-refractivity contribution in [2.75, 3.05) is 20.6 Å². The minimum atomic E-state index is -1.20. The molecule has 0 fully saturated rings. The van der Waals surface area contributed by atoms with Gasteiger partial charge in [0.1, 0.15) is 0 Å². The van der Waals surface area contributed by atoms with Crippen molar-refractivity contribution in [1.82, 2.24) is 20.2 Å². The highest BCUT2D eigenvalue weighted by Gasteiger charge is 2.20. The quantitative estimate of drug-likeness (QED) is 0.672. The Hall–Kier alpha value is -1.89. The fourth-order valence-electron chi connectivity index (χ4n) is 1.45. The van der Waals surface area contributed by atoms with E-state index in [0.29, 0.717) is 0 Å². The summed E-state index contributed by atoms with van der Waals surface area (Å²) in [5, 5.41) is 11.6. The molecule has 1 amide bonds. The van der Waals surface area contributed by atoms with Crippen LogP contribution in [0.4, 0.5) is 0 Å². The fourth-order valence-corrected chi connectivity index (χ4v) is 1.45. The molecule has 1 unspecified atom stereocenters. The first kappa shape index (κ1) is 14.2. The van der Waals surface area contributed by atoms with Crippen LogP contribution in [0.1, 0.15) is 34.3 Å². The van der Waals surface area contributed by atoms with E-state index in [2.05, 4.69) is 15.3 Å². The molecular weight excluding hydrogens is 236 g/mol. The Morgan fingerprint density at radius 1 is 1.56 bits per heavy atom. The maximum Gasteiger partial charge on any atom is 0.354 e. The van der Waals surface area contributed by atoms with Gasteiger partial charge in [-0.3, -0.25) is 4.79 Å². The largest absolute Gasteiger partial charge is 0.477 e. The van der Waals surface area contributed by atoms with Gasteiger partial charge in [0.25, 0.3) is 5.91 Å².